The largest absolute Gasteiger partial charge is 0.394 e. The number of allylic oxidation sites excluding steroid dienone is 25. The van der Waals surface area contributed by atoms with Crippen molar-refractivity contribution in [2.45, 2.75) is 198 Å². The molecule has 0 aromatic carbocycles. The summed E-state index contributed by atoms with van der Waals surface area (Å²) in [7, 11) is 0. The van der Waals surface area contributed by atoms with Gasteiger partial charge in [-0.15, -0.1) is 0 Å². The number of carbonyl (C=O) groups is 1. The molecule has 1 amide bonds. The Hall–Kier alpha value is -4.19. The second kappa shape index (κ2) is 47.5. The summed E-state index contributed by atoms with van der Waals surface area (Å²) in [6.45, 7) is 3.53. The lowest BCUT2D eigenvalue weighted by molar-refractivity contribution is -0.302. The third-order valence-corrected chi connectivity index (χ3v) is 11.1. The third kappa shape index (κ3) is 37.3. The monoisotopic (exact) mass is 956 g/mol. The molecule has 1 heterocycles. The van der Waals surface area contributed by atoms with E-state index in [9.17, 15) is 30.3 Å². The van der Waals surface area contributed by atoms with Gasteiger partial charge in [0.05, 0.1) is 25.4 Å². The average Bonchev–Trinajstić information content (AvgIpc) is 3.35. The Kier molecular flexibility index (Phi) is 43.2. The first-order valence-electron chi connectivity index (χ1n) is 26.2. The molecule has 0 aromatic heterocycles. The van der Waals surface area contributed by atoms with Crippen LogP contribution in [0.3, 0.4) is 0 Å². The molecule has 7 unspecified atom stereocenters. The summed E-state index contributed by atoms with van der Waals surface area (Å²) >= 11 is 0. The van der Waals surface area contributed by atoms with E-state index >= 15 is 0 Å². The quantitative estimate of drug-likeness (QED) is 0.0262. The number of aliphatic hydroxyl groups excluding tert-OH is 5. The lowest BCUT2D eigenvalue weighted by Gasteiger charge is -2.40. The van der Waals surface area contributed by atoms with Crippen molar-refractivity contribution >= 4 is 5.91 Å². The molecule has 0 saturated carbocycles. The van der Waals surface area contributed by atoms with Crippen molar-refractivity contribution in [1.82, 2.24) is 5.32 Å². The van der Waals surface area contributed by atoms with Gasteiger partial charge in [-0.2, -0.15) is 0 Å². The van der Waals surface area contributed by atoms with Crippen molar-refractivity contribution in [2.24, 2.45) is 0 Å². The molecule has 0 aliphatic carbocycles. The van der Waals surface area contributed by atoms with Crippen molar-refractivity contribution in [1.29, 1.82) is 0 Å². The van der Waals surface area contributed by atoms with Gasteiger partial charge >= 0.3 is 0 Å². The van der Waals surface area contributed by atoms with Crippen molar-refractivity contribution in [3.8, 4) is 0 Å². The molecule has 0 aromatic rings. The number of aliphatic hydroxyl groups is 5. The first-order chi connectivity index (χ1) is 33.8. The highest BCUT2D eigenvalue weighted by Gasteiger charge is 2.44. The molecule has 69 heavy (non-hydrogen) atoms. The van der Waals surface area contributed by atoms with Crippen LogP contribution >= 0.6 is 0 Å². The summed E-state index contributed by atoms with van der Waals surface area (Å²) in [5.41, 5.74) is 0. The summed E-state index contributed by atoms with van der Waals surface area (Å²) in [6, 6.07) is -0.849. The van der Waals surface area contributed by atoms with Gasteiger partial charge in [0, 0.05) is 6.42 Å². The number of amides is 1. The zero-order valence-electron chi connectivity index (χ0n) is 42.5. The zero-order chi connectivity index (χ0) is 50.1. The smallest absolute Gasteiger partial charge is 0.220 e. The van der Waals surface area contributed by atoms with Crippen molar-refractivity contribution < 1.29 is 39.8 Å². The van der Waals surface area contributed by atoms with E-state index in [0.717, 1.165) is 109 Å². The van der Waals surface area contributed by atoms with Crippen LogP contribution in [0.25, 0.3) is 0 Å². The minimum absolute atomic E-state index is 0.226. The zero-order valence-corrected chi connectivity index (χ0v) is 42.5. The molecule has 0 spiro atoms. The summed E-state index contributed by atoms with van der Waals surface area (Å²) in [6.07, 6.45) is 68.9. The van der Waals surface area contributed by atoms with E-state index in [1.54, 1.807) is 6.08 Å². The fraction of sp³-hybridized carbons (Fsp3) is 0.550. The second-order valence-electron chi connectivity index (χ2n) is 17.2. The molecule has 1 saturated heterocycles. The molecule has 9 nitrogen and oxygen atoms in total. The van der Waals surface area contributed by atoms with E-state index in [1.165, 1.54) is 19.3 Å². The van der Waals surface area contributed by atoms with Crippen LogP contribution in [0, 0.1) is 0 Å². The van der Waals surface area contributed by atoms with Crippen molar-refractivity contribution in [3.05, 3.63) is 158 Å². The molecule has 386 valence electrons. The normalized spacial score (nSPS) is 20.8. The predicted octanol–water partition coefficient (Wildman–Crippen LogP) is 12.5. The molecule has 0 bridgehead atoms. The van der Waals surface area contributed by atoms with Crippen LogP contribution in [-0.2, 0) is 14.3 Å². The summed E-state index contributed by atoms with van der Waals surface area (Å²) < 4.78 is 11.2. The minimum Gasteiger partial charge on any atom is -0.394 e. The maximum Gasteiger partial charge on any atom is 0.220 e. The first kappa shape index (κ1) is 62.8. The Morgan fingerprint density at radius 1 is 0.507 bits per heavy atom. The highest BCUT2D eigenvalue weighted by molar-refractivity contribution is 5.76. The van der Waals surface area contributed by atoms with Gasteiger partial charge in [-0.3, -0.25) is 4.79 Å². The Balaban J connectivity index is 2.22. The molecule has 1 aliphatic heterocycles. The van der Waals surface area contributed by atoms with E-state index < -0.39 is 49.5 Å². The van der Waals surface area contributed by atoms with Crippen LogP contribution in [0.2, 0.25) is 0 Å². The third-order valence-electron chi connectivity index (χ3n) is 11.1. The predicted molar refractivity (Wildman–Crippen MR) is 289 cm³/mol. The molecule has 0 radical (unpaired) electrons. The topological polar surface area (TPSA) is 149 Å². The molecule has 1 rings (SSSR count). The number of carbonyl (C=O) groups excluding carboxylic acids is 1. The SMILES string of the molecule is CC/C=C\C/C=C\C/C=C\C/C=C\C/C=C\C/C=C\C/C=C\C/C=C\C/C=C\C/C=C\C/C=C\CCCCCC(=O)NC(COC1OC(CO)C(O)C(O)C1O)C(O)/C=C/CC/C=C/CCCCC. The first-order valence-corrected chi connectivity index (χ1v) is 26.2. The Bertz CT molecular complexity index is 1630. The van der Waals surface area contributed by atoms with Crippen LogP contribution in [0.5, 0.6) is 0 Å². The number of unbranched alkanes of at least 4 members (excludes halogenated alkanes) is 7. The lowest BCUT2D eigenvalue weighted by atomic mass is 9.99. The number of hydrogen-bond donors (Lipinski definition) is 6. The van der Waals surface area contributed by atoms with E-state index in [1.807, 2.05) is 6.08 Å². The van der Waals surface area contributed by atoms with Crippen LogP contribution in [0.1, 0.15) is 155 Å². The molecular formula is C60H93NO8. The van der Waals surface area contributed by atoms with Gasteiger partial charge < -0.3 is 40.3 Å². The maximum absolute atomic E-state index is 12.9. The molecule has 9 heteroatoms. The van der Waals surface area contributed by atoms with Gasteiger partial charge in [0.1, 0.15) is 24.4 Å². The highest BCUT2D eigenvalue weighted by atomic mass is 16.7. The Morgan fingerprint density at radius 2 is 0.913 bits per heavy atom. The van der Waals surface area contributed by atoms with Crippen molar-refractivity contribution in [3.63, 3.8) is 0 Å². The Labute approximate surface area is 418 Å². The van der Waals surface area contributed by atoms with E-state index in [-0.39, 0.29) is 18.9 Å². The summed E-state index contributed by atoms with van der Waals surface area (Å²) in [4.78, 5) is 12.9. The minimum atomic E-state index is -1.59. The van der Waals surface area contributed by atoms with Gasteiger partial charge in [0.15, 0.2) is 6.29 Å². The number of nitrogens with one attached hydrogen (secondary N) is 1. The summed E-state index contributed by atoms with van der Waals surface area (Å²) in [5, 5.41) is 54.0. The average molecular weight is 956 g/mol. The number of rotatable bonds is 41. The molecule has 1 fully saturated rings. The van der Waals surface area contributed by atoms with Gasteiger partial charge in [-0.1, -0.05) is 191 Å². The van der Waals surface area contributed by atoms with Crippen LogP contribution in [0.4, 0.5) is 0 Å². The molecule has 1 aliphatic rings. The second-order valence-corrected chi connectivity index (χ2v) is 17.2. The standard InChI is InChI=1S/C60H93NO8/c1-3-5-7-9-11-13-14-15-16-17-18-19-20-21-22-23-24-25-26-27-28-29-30-31-32-33-34-35-36-37-38-39-40-42-44-46-48-50-56(64)61-53(54(63)49-47-45-43-41-12-10-8-6-4-2)52-68-60-59(67)58(66)57(65)55(51-62)69-60/h5,7,11-13,15-16,18-19,21-22,24-25,27-28,30-31,33-34,36-37,39-41,47,49,53-55,57-60,62-63,65-67H,3-4,6,8-10,14,17,20,23,26,29,32,35,38,42-46,48,50-52H2,1-2H3,(H,61,64)/b7-5-,13-11-,16-15-,19-18-,22-21-,25-24-,28-27-,31-30-,34-33-,37-36-,40-39-,41-12+,49-47+. The van der Waals surface area contributed by atoms with Gasteiger partial charge in [0.2, 0.25) is 5.91 Å². The number of ether oxygens (including phenoxy) is 2. The molecule has 7 atom stereocenters. The maximum atomic E-state index is 12.9. The molecule has 6 N–H and O–H groups in total. The fourth-order valence-electron chi connectivity index (χ4n) is 6.94. The van der Waals surface area contributed by atoms with E-state index in [2.05, 4.69) is 165 Å². The van der Waals surface area contributed by atoms with Crippen LogP contribution in [0.15, 0.2) is 158 Å². The van der Waals surface area contributed by atoms with E-state index in [0.29, 0.717) is 6.42 Å². The van der Waals surface area contributed by atoms with Crippen LogP contribution < -0.4 is 5.32 Å². The van der Waals surface area contributed by atoms with E-state index in [4.69, 9.17) is 9.47 Å². The Morgan fingerprint density at radius 3 is 1.36 bits per heavy atom. The highest BCUT2D eigenvalue weighted by Crippen LogP contribution is 2.22. The van der Waals surface area contributed by atoms with Crippen molar-refractivity contribution in [2.75, 3.05) is 13.2 Å². The number of hydrogen-bond acceptors (Lipinski definition) is 8. The summed E-state index contributed by atoms with van der Waals surface area (Å²) in [5.74, 6) is -0.230. The van der Waals surface area contributed by atoms with Crippen LogP contribution in [-0.4, -0.2) is 87.5 Å². The van der Waals surface area contributed by atoms with Gasteiger partial charge in [0.25, 0.3) is 0 Å². The molecular weight excluding hydrogens is 863 g/mol. The fourth-order valence-corrected chi connectivity index (χ4v) is 6.94. The van der Waals surface area contributed by atoms with Gasteiger partial charge in [-0.05, 0) is 116 Å². The lowest BCUT2D eigenvalue weighted by Crippen LogP contribution is -2.60. The van der Waals surface area contributed by atoms with Gasteiger partial charge in [-0.25, -0.2) is 0 Å².